The molecule has 0 N–H and O–H groups in total. The van der Waals surface area contributed by atoms with Crippen LogP contribution in [0.2, 0.25) is 0 Å². The van der Waals surface area contributed by atoms with Gasteiger partial charge < -0.3 is 13.7 Å². The highest BCUT2D eigenvalue weighted by Crippen LogP contribution is 2.44. The Morgan fingerprint density at radius 3 is 1.90 bits per heavy atom. The molecule has 0 bridgehead atoms. The maximum atomic E-state index is 6.62. The summed E-state index contributed by atoms with van der Waals surface area (Å²) in [5.74, 6) is 0.621. The van der Waals surface area contributed by atoms with Crippen molar-refractivity contribution in [2.45, 2.75) is 0 Å². The summed E-state index contributed by atoms with van der Waals surface area (Å²) in [5.41, 5.74) is 9.84. The molecular formula is C45H28N2O2. The third-order valence-corrected chi connectivity index (χ3v) is 9.45. The van der Waals surface area contributed by atoms with Gasteiger partial charge in [0, 0.05) is 38.8 Å². The molecule has 4 nitrogen and oxygen atoms in total. The molecule has 2 aromatic heterocycles. The van der Waals surface area contributed by atoms with E-state index in [1.807, 2.05) is 42.5 Å². The molecule has 49 heavy (non-hydrogen) atoms. The zero-order valence-corrected chi connectivity index (χ0v) is 26.4. The van der Waals surface area contributed by atoms with Gasteiger partial charge in [-0.2, -0.15) is 0 Å². The largest absolute Gasteiger partial charge is 0.456 e. The molecule has 8 aromatic carbocycles. The first-order chi connectivity index (χ1) is 24.3. The molecule has 0 saturated carbocycles. The van der Waals surface area contributed by atoms with Crippen LogP contribution < -0.4 is 4.90 Å². The lowest BCUT2D eigenvalue weighted by Gasteiger charge is -2.26. The van der Waals surface area contributed by atoms with Crippen molar-refractivity contribution in [3.8, 4) is 22.6 Å². The lowest BCUT2D eigenvalue weighted by Crippen LogP contribution is -2.09. The van der Waals surface area contributed by atoms with Crippen LogP contribution in [0.25, 0.3) is 77.2 Å². The maximum Gasteiger partial charge on any atom is 0.227 e. The highest BCUT2D eigenvalue weighted by Gasteiger charge is 2.20. The average molecular weight is 629 g/mol. The highest BCUT2D eigenvalue weighted by atomic mass is 16.3. The molecule has 0 fully saturated rings. The number of oxazole rings is 1. The molecule has 0 radical (unpaired) electrons. The first-order valence-corrected chi connectivity index (χ1v) is 16.5. The number of rotatable bonds is 5. The number of para-hydroxylation sites is 2. The van der Waals surface area contributed by atoms with Gasteiger partial charge >= 0.3 is 0 Å². The van der Waals surface area contributed by atoms with Gasteiger partial charge in [-0.05, 0) is 100 Å². The predicted molar refractivity (Wildman–Crippen MR) is 202 cm³/mol. The minimum absolute atomic E-state index is 0.621. The Morgan fingerprint density at radius 1 is 0.429 bits per heavy atom. The quantitative estimate of drug-likeness (QED) is 0.178. The van der Waals surface area contributed by atoms with Crippen LogP contribution in [-0.2, 0) is 0 Å². The van der Waals surface area contributed by atoms with Crippen LogP contribution in [0.3, 0.4) is 0 Å². The van der Waals surface area contributed by atoms with E-state index >= 15 is 0 Å². The van der Waals surface area contributed by atoms with Gasteiger partial charge in [0.05, 0.1) is 0 Å². The molecule has 0 amide bonds. The lowest BCUT2D eigenvalue weighted by molar-refractivity contribution is 0.623. The number of aromatic nitrogens is 1. The Balaban J connectivity index is 1.23. The zero-order valence-electron chi connectivity index (χ0n) is 26.4. The van der Waals surface area contributed by atoms with Crippen molar-refractivity contribution in [2.75, 3.05) is 4.90 Å². The fourth-order valence-corrected chi connectivity index (χ4v) is 7.19. The van der Waals surface area contributed by atoms with Crippen molar-refractivity contribution in [2.24, 2.45) is 0 Å². The van der Waals surface area contributed by atoms with Gasteiger partial charge in [0.2, 0.25) is 5.89 Å². The molecule has 4 heteroatoms. The summed E-state index contributed by atoms with van der Waals surface area (Å²) < 4.78 is 12.8. The maximum absolute atomic E-state index is 6.62. The van der Waals surface area contributed by atoms with E-state index in [2.05, 4.69) is 132 Å². The number of fused-ring (bicyclic) bond motifs is 8. The fraction of sp³-hybridized carbons (Fsp3) is 0. The minimum atomic E-state index is 0.621. The van der Waals surface area contributed by atoms with E-state index in [1.165, 1.54) is 0 Å². The summed E-state index contributed by atoms with van der Waals surface area (Å²) in [5, 5.41) is 6.62. The fourth-order valence-electron chi connectivity index (χ4n) is 7.19. The Morgan fingerprint density at radius 2 is 1.08 bits per heavy atom. The van der Waals surface area contributed by atoms with Crippen LogP contribution in [0.15, 0.2) is 179 Å². The molecule has 2 heterocycles. The SMILES string of the molecule is c1ccc(-c2nc3ccc4c(-c5ccccc5)cc5cc(N(c6ccccc6)c6ccc7oc8ccccc8c7c6)ccc5c4c3o2)cc1. The van der Waals surface area contributed by atoms with Gasteiger partial charge in [-0.25, -0.2) is 4.98 Å². The smallest absolute Gasteiger partial charge is 0.227 e. The second kappa shape index (κ2) is 11.0. The Kier molecular flexibility index (Phi) is 6.15. The third-order valence-electron chi connectivity index (χ3n) is 9.45. The summed E-state index contributed by atoms with van der Waals surface area (Å²) in [6, 6.07) is 59.2. The van der Waals surface area contributed by atoms with Crippen LogP contribution in [-0.4, -0.2) is 4.98 Å². The molecule has 0 spiro atoms. The number of anilines is 3. The van der Waals surface area contributed by atoms with E-state index < -0.39 is 0 Å². The first-order valence-electron chi connectivity index (χ1n) is 16.5. The topological polar surface area (TPSA) is 42.4 Å². The van der Waals surface area contributed by atoms with Crippen LogP contribution in [0.1, 0.15) is 0 Å². The van der Waals surface area contributed by atoms with Crippen molar-refractivity contribution in [1.29, 1.82) is 0 Å². The van der Waals surface area contributed by atoms with Crippen molar-refractivity contribution in [1.82, 2.24) is 4.98 Å². The molecule has 0 unspecified atom stereocenters. The van der Waals surface area contributed by atoms with Crippen molar-refractivity contribution >= 4 is 71.6 Å². The standard InChI is InChI=1S/C45H28N2O2/c1-4-12-29(13-5-1)38-27-31-26-33(20-22-35(31)43-37(38)23-24-40-44(43)49-45(46-40)30-14-6-2-7-15-30)47(32-16-8-3-9-17-32)34-21-25-42-39(28-34)36-18-10-11-19-41(36)48-42/h1-28H. The number of hydrogen-bond donors (Lipinski definition) is 0. The van der Waals surface area contributed by atoms with Gasteiger partial charge in [0.25, 0.3) is 0 Å². The molecule has 0 atom stereocenters. The Bertz CT molecular complexity index is 2820. The van der Waals surface area contributed by atoms with Crippen molar-refractivity contribution < 1.29 is 8.83 Å². The van der Waals surface area contributed by atoms with Gasteiger partial charge in [-0.15, -0.1) is 0 Å². The van der Waals surface area contributed by atoms with Gasteiger partial charge in [0.15, 0.2) is 5.58 Å². The van der Waals surface area contributed by atoms with Crippen LogP contribution in [0.4, 0.5) is 17.1 Å². The second-order valence-corrected chi connectivity index (χ2v) is 12.4. The molecule has 0 aliphatic carbocycles. The van der Waals surface area contributed by atoms with E-state index in [0.29, 0.717) is 5.89 Å². The van der Waals surface area contributed by atoms with Crippen LogP contribution >= 0.6 is 0 Å². The van der Waals surface area contributed by atoms with E-state index in [1.54, 1.807) is 0 Å². The van der Waals surface area contributed by atoms with Gasteiger partial charge in [-0.3, -0.25) is 0 Å². The average Bonchev–Trinajstić information content (AvgIpc) is 3.78. The minimum Gasteiger partial charge on any atom is -0.456 e. The first kappa shape index (κ1) is 27.5. The number of nitrogens with zero attached hydrogens (tertiary/aromatic N) is 2. The van der Waals surface area contributed by atoms with Crippen LogP contribution in [0, 0.1) is 0 Å². The van der Waals surface area contributed by atoms with Gasteiger partial charge in [-0.1, -0.05) is 97.1 Å². The molecule has 10 aromatic rings. The van der Waals surface area contributed by atoms with E-state index in [-0.39, 0.29) is 0 Å². The number of benzene rings is 8. The van der Waals surface area contributed by atoms with E-state index in [0.717, 1.165) is 88.3 Å². The number of hydrogen-bond acceptors (Lipinski definition) is 4. The lowest BCUT2D eigenvalue weighted by atomic mass is 9.92. The van der Waals surface area contributed by atoms with E-state index in [9.17, 15) is 0 Å². The number of furan rings is 1. The molecule has 0 aliphatic heterocycles. The Hall–Kier alpha value is -6.65. The van der Waals surface area contributed by atoms with E-state index in [4.69, 9.17) is 13.8 Å². The monoisotopic (exact) mass is 628 g/mol. The molecular weight excluding hydrogens is 601 g/mol. The van der Waals surface area contributed by atoms with Crippen molar-refractivity contribution in [3.63, 3.8) is 0 Å². The third kappa shape index (κ3) is 4.49. The molecule has 230 valence electrons. The molecule has 10 rings (SSSR count). The second-order valence-electron chi connectivity index (χ2n) is 12.4. The normalized spacial score (nSPS) is 11.7. The summed E-state index contributed by atoms with van der Waals surface area (Å²) in [7, 11) is 0. The summed E-state index contributed by atoms with van der Waals surface area (Å²) >= 11 is 0. The summed E-state index contributed by atoms with van der Waals surface area (Å²) in [6.07, 6.45) is 0. The predicted octanol–water partition coefficient (Wildman–Crippen LogP) is 12.8. The zero-order chi connectivity index (χ0) is 32.3. The molecule has 0 aliphatic rings. The van der Waals surface area contributed by atoms with Crippen molar-refractivity contribution in [3.05, 3.63) is 170 Å². The summed E-state index contributed by atoms with van der Waals surface area (Å²) in [6.45, 7) is 0. The summed E-state index contributed by atoms with van der Waals surface area (Å²) in [4.78, 5) is 7.24. The van der Waals surface area contributed by atoms with Gasteiger partial charge in [0.1, 0.15) is 16.7 Å². The Labute approximate surface area is 282 Å². The molecule has 0 saturated heterocycles. The van der Waals surface area contributed by atoms with Crippen LogP contribution in [0.5, 0.6) is 0 Å². The highest BCUT2D eigenvalue weighted by molar-refractivity contribution is 6.22.